The summed E-state index contributed by atoms with van der Waals surface area (Å²) in [5.41, 5.74) is 2.82. The molecule has 1 aromatic carbocycles. The number of fused-ring (bicyclic) bond motifs is 1. The molecule has 1 aromatic heterocycles. The predicted molar refractivity (Wildman–Crippen MR) is 64.7 cm³/mol. The van der Waals surface area contributed by atoms with Crippen molar-refractivity contribution in [2.45, 2.75) is 6.04 Å². The first-order valence-electron chi connectivity index (χ1n) is 5.22. The van der Waals surface area contributed by atoms with E-state index in [1.54, 1.807) is 19.5 Å². The Hall–Kier alpha value is -2.14. The maximum Gasteiger partial charge on any atom is 0.328 e. The predicted octanol–water partition coefficient (Wildman–Crippen LogP) is 1.46. The summed E-state index contributed by atoms with van der Waals surface area (Å²) in [5.74, 6) is -0.951. The Balaban J connectivity index is 2.32. The average molecular weight is 231 g/mol. The molecule has 1 unspecified atom stereocenters. The van der Waals surface area contributed by atoms with Crippen molar-refractivity contribution >= 4 is 17.0 Å². The van der Waals surface area contributed by atoms with Crippen LogP contribution in [0.2, 0.25) is 0 Å². The fraction of sp³-hybridized carbons (Fsp3) is 0.167. The number of carboxylic acid groups (broad SMARTS) is 1. The fourth-order valence-electron chi connectivity index (χ4n) is 1.70. The molecule has 0 aliphatic heterocycles. The van der Waals surface area contributed by atoms with Crippen LogP contribution in [0.25, 0.3) is 11.0 Å². The van der Waals surface area contributed by atoms with E-state index in [2.05, 4.69) is 15.3 Å². The van der Waals surface area contributed by atoms with E-state index >= 15 is 0 Å². The minimum atomic E-state index is -0.951. The number of hydrogen-bond acceptors (Lipinski definition) is 3. The van der Waals surface area contributed by atoms with Gasteiger partial charge in [0.2, 0.25) is 0 Å². The molecule has 0 aliphatic rings. The summed E-state index contributed by atoms with van der Waals surface area (Å²) in [4.78, 5) is 17.6. The number of carboxylic acids is 1. The zero-order valence-electron chi connectivity index (χ0n) is 9.34. The summed E-state index contributed by atoms with van der Waals surface area (Å²) in [6, 6.07) is 5.66. The molecule has 0 spiro atoms. The van der Waals surface area contributed by atoms with Crippen LogP contribution in [0, 0.1) is 0 Å². The van der Waals surface area contributed by atoms with Gasteiger partial charge in [0.05, 0.1) is 23.4 Å². The minimum Gasteiger partial charge on any atom is -0.478 e. The van der Waals surface area contributed by atoms with E-state index in [9.17, 15) is 4.79 Å². The molecule has 2 aromatic rings. The molecule has 0 radical (unpaired) electrons. The van der Waals surface area contributed by atoms with Crippen LogP contribution in [0.4, 0.5) is 0 Å². The van der Waals surface area contributed by atoms with Gasteiger partial charge in [-0.3, -0.25) is 0 Å². The number of imidazole rings is 1. The van der Waals surface area contributed by atoms with Gasteiger partial charge >= 0.3 is 5.97 Å². The SMILES string of the molecule is CNC(/C=C/C(=O)O)c1ccc2nc[nH]c2c1. The lowest BCUT2D eigenvalue weighted by Gasteiger charge is -2.11. The maximum atomic E-state index is 10.5. The molecule has 0 aliphatic carbocycles. The van der Waals surface area contributed by atoms with Crippen molar-refractivity contribution in [2.75, 3.05) is 7.05 Å². The molecule has 1 heterocycles. The Morgan fingerprint density at radius 3 is 3.12 bits per heavy atom. The van der Waals surface area contributed by atoms with E-state index in [0.29, 0.717) is 0 Å². The smallest absolute Gasteiger partial charge is 0.328 e. The second kappa shape index (κ2) is 4.80. The van der Waals surface area contributed by atoms with Gasteiger partial charge in [-0.25, -0.2) is 9.78 Å². The summed E-state index contributed by atoms with van der Waals surface area (Å²) in [6.07, 6.45) is 4.38. The third-order valence-electron chi connectivity index (χ3n) is 2.55. The first kappa shape index (κ1) is 11.3. The van der Waals surface area contributed by atoms with Gasteiger partial charge in [-0.15, -0.1) is 0 Å². The molecule has 88 valence electrons. The zero-order chi connectivity index (χ0) is 12.3. The fourth-order valence-corrected chi connectivity index (χ4v) is 1.70. The van der Waals surface area contributed by atoms with Crippen LogP contribution < -0.4 is 5.32 Å². The third kappa shape index (κ3) is 2.51. The molecule has 1 atom stereocenters. The Labute approximate surface area is 98.2 Å². The molecule has 3 N–H and O–H groups in total. The topological polar surface area (TPSA) is 78.0 Å². The van der Waals surface area contributed by atoms with Gasteiger partial charge in [0, 0.05) is 6.08 Å². The first-order chi connectivity index (χ1) is 8.20. The average Bonchev–Trinajstić information content (AvgIpc) is 2.76. The normalized spacial score (nSPS) is 13.2. The highest BCUT2D eigenvalue weighted by Crippen LogP contribution is 2.18. The van der Waals surface area contributed by atoms with Gasteiger partial charge in [-0.1, -0.05) is 12.1 Å². The highest BCUT2D eigenvalue weighted by Gasteiger charge is 2.07. The van der Waals surface area contributed by atoms with E-state index < -0.39 is 5.97 Å². The number of aromatic nitrogens is 2. The van der Waals surface area contributed by atoms with Gasteiger partial charge in [0.1, 0.15) is 0 Å². The Morgan fingerprint density at radius 1 is 1.59 bits per heavy atom. The number of likely N-dealkylation sites (N-methyl/N-ethyl adjacent to an activating group) is 1. The van der Waals surface area contributed by atoms with Crippen LogP contribution in [-0.4, -0.2) is 28.1 Å². The molecular formula is C12H13N3O2. The van der Waals surface area contributed by atoms with Crippen molar-refractivity contribution in [3.8, 4) is 0 Å². The third-order valence-corrected chi connectivity index (χ3v) is 2.55. The summed E-state index contributed by atoms with van der Waals surface area (Å²) < 4.78 is 0. The second-order valence-electron chi connectivity index (χ2n) is 3.64. The van der Waals surface area contributed by atoms with Gasteiger partial charge in [0.15, 0.2) is 0 Å². The molecule has 0 amide bonds. The second-order valence-corrected chi connectivity index (χ2v) is 3.64. The number of benzene rings is 1. The summed E-state index contributed by atoms with van der Waals surface area (Å²) in [7, 11) is 1.79. The van der Waals surface area contributed by atoms with Gasteiger partial charge < -0.3 is 15.4 Å². The monoisotopic (exact) mass is 231 g/mol. The van der Waals surface area contributed by atoms with E-state index in [1.807, 2.05) is 18.2 Å². The zero-order valence-corrected chi connectivity index (χ0v) is 9.34. The summed E-state index contributed by atoms with van der Waals surface area (Å²) in [5, 5.41) is 11.7. The number of aliphatic carboxylic acids is 1. The Morgan fingerprint density at radius 2 is 2.41 bits per heavy atom. The lowest BCUT2D eigenvalue weighted by atomic mass is 10.1. The summed E-state index contributed by atoms with van der Waals surface area (Å²) >= 11 is 0. The van der Waals surface area contributed by atoms with Crippen LogP contribution in [0.1, 0.15) is 11.6 Å². The minimum absolute atomic E-state index is 0.126. The van der Waals surface area contributed by atoms with Crippen LogP contribution >= 0.6 is 0 Å². The standard InChI is InChI=1S/C12H13N3O2/c1-13-9(4-5-12(16)17)8-2-3-10-11(6-8)15-7-14-10/h2-7,9,13H,1H3,(H,14,15)(H,16,17)/b5-4+. The highest BCUT2D eigenvalue weighted by atomic mass is 16.4. The van der Waals surface area contributed by atoms with Gasteiger partial charge in [-0.2, -0.15) is 0 Å². The van der Waals surface area contributed by atoms with Crippen LogP contribution in [-0.2, 0) is 4.79 Å². The lowest BCUT2D eigenvalue weighted by Crippen LogP contribution is -2.14. The molecule has 0 fully saturated rings. The maximum absolute atomic E-state index is 10.5. The van der Waals surface area contributed by atoms with E-state index in [0.717, 1.165) is 22.7 Å². The number of H-pyrrole nitrogens is 1. The molecule has 0 bridgehead atoms. The van der Waals surface area contributed by atoms with Gasteiger partial charge in [0.25, 0.3) is 0 Å². The Kier molecular flexibility index (Phi) is 3.20. The first-order valence-corrected chi connectivity index (χ1v) is 5.22. The van der Waals surface area contributed by atoms with E-state index in [4.69, 9.17) is 5.11 Å². The van der Waals surface area contributed by atoms with Crippen LogP contribution in [0.15, 0.2) is 36.7 Å². The van der Waals surface area contributed by atoms with Crippen LogP contribution in [0.3, 0.4) is 0 Å². The highest BCUT2D eigenvalue weighted by molar-refractivity contribution is 5.80. The number of nitrogens with one attached hydrogen (secondary N) is 2. The molecular weight excluding hydrogens is 218 g/mol. The Bertz CT molecular complexity index is 560. The van der Waals surface area contributed by atoms with E-state index in [-0.39, 0.29) is 6.04 Å². The van der Waals surface area contributed by atoms with Crippen molar-refractivity contribution in [1.82, 2.24) is 15.3 Å². The number of rotatable bonds is 4. The lowest BCUT2D eigenvalue weighted by molar-refractivity contribution is -0.131. The number of nitrogens with zero attached hydrogens (tertiary/aromatic N) is 1. The molecule has 17 heavy (non-hydrogen) atoms. The number of aromatic amines is 1. The van der Waals surface area contributed by atoms with Crippen molar-refractivity contribution in [1.29, 1.82) is 0 Å². The van der Waals surface area contributed by atoms with Crippen molar-refractivity contribution in [2.24, 2.45) is 0 Å². The van der Waals surface area contributed by atoms with Crippen LogP contribution in [0.5, 0.6) is 0 Å². The molecule has 0 saturated heterocycles. The van der Waals surface area contributed by atoms with Crippen molar-refractivity contribution in [3.63, 3.8) is 0 Å². The number of hydrogen-bond donors (Lipinski definition) is 3. The quantitative estimate of drug-likeness (QED) is 0.696. The summed E-state index contributed by atoms with van der Waals surface area (Å²) in [6.45, 7) is 0. The largest absolute Gasteiger partial charge is 0.478 e. The van der Waals surface area contributed by atoms with Crippen molar-refractivity contribution < 1.29 is 9.90 Å². The molecule has 2 rings (SSSR count). The van der Waals surface area contributed by atoms with Crippen molar-refractivity contribution in [3.05, 3.63) is 42.2 Å². The van der Waals surface area contributed by atoms with Gasteiger partial charge in [-0.05, 0) is 24.7 Å². The molecule has 5 heteroatoms. The molecule has 0 saturated carbocycles. The molecule has 5 nitrogen and oxygen atoms in total. The van der Waals surface area contributed by atoms with E-state index in [1.165, 1.54) is 0 Å². The number of carbonyl (C=O) groups is 1.